The Labute approximate surface area is 387 Å². The second kappa shape index (κ2) is 15.5. The van der Waals surface area contributed by atoms with Gasteiger partial charge in [0.15, 0.2) is 17.3 Å². The van der Waals surface area contributed by atoms with Crippen LogP contribution in [-0.2, 0) is 36.8 Å². The quantitative estimate of drug-likeness (QED) is 0.189. The van der Waals surface area contributed by atoms with Gasteiger partial charge >= 0.3 is 0 Å². The standard InChI is InChI=1S/C56H62N2O8/c1-5-31-13-21-35-39-23-27(3)7-19-37(39)50-44(35)42(31)48(59)46-41(25-29-9-15-33(65-50)16-10-29)54(62)58(55(46)63)52-47-49(60)43-32(6-2)14-22-36-40-24-28(4)8-20-38(40)51(45(36)43)66-34-17-11-30(12-18-34)26-56(52,64)57-53(47)61/h5-6,9-18,21-22,27-28,31-32,35-47,50-52,64H,1-2,7-8,19-20,23-26H2,3-4H3,(H,57,61). The number of nitrogens with one attached hydrogen (secondary N) is 1. The maximum absolute atomic E-state index is 15.9. The Morgan fingerprint density at radius 2 is 1.15 bits per heavy atom. The van der Waals surface area contributed by atoms with Crippen LogP contribution >= 0.6 is 0 Å². The molecule has 0 spiro atoms. The van der Waals surface area contributed by atoms with E-state index in [2.05, 4.69) is 50.6 Å². The number of carbonyl (C=O) groups excluding carboxylic acids is 5. The number of rotatable bonds is 3. The van der Waals surface area contributed by atoms with E-state index >= 15 is 19.2 Å². The first-order chi connectivity index (χ1) is 31.9. The van der Waals surface area contributed by atoms with E-state index in [0.717, 1.165) is 49.0 Å². The molecular weight excluding hydrogens is 829 g/mol. The first kappa shape index (κ1) is 42.3. The molecule has 10 nitrogen and oxygen atoms in total. The fourth-order valence-electron chi connectivity index (χ4n) is 16.2. The number of likely N-dealkylation sites (tertiary alicyclic amines) is 1. The fourth-order valence-corrected chi connectivity index (χ4v) is 16.2. The summed E-state index contributed by atoms with van der Waals surface area (Å²) in [6.45, 7) is 12.9. The van der Waals surface area contributed by atoms with Gasteiger partial charge in [0.05, 0.1) is 5.92 Å². The SMILES string of the molecule is C=CC1C=CC2C3CC(C)CCC3C3Oc4ccc(cc4)CC4C(=O)N(C5C6C(=O)NC5(O)Cc5ccc(cc5)OC5C7CCC(C)CC7C7C=CC(C=C)C(C6=O)C75)C(=O)C4C(=O)C1C23. The minimum Gasteiger partial charge on any atom is -0.490 e. The molecule has 21 atom stereocenters. The molecule has 66 heavy (non-hydrogen) atoms. The zero-order chi connectivity index (χ0) is 45.5. The van der Waals surface area contributed by atoms with Gasteiger partial charge in [0.1, 0.15) is 41.6 Å². The largest absolute Gasteiger partial charge is 0.490 e. The Morgan fingerprint density at radius 3 is 1.67 bits per heavy atom. The molecule has 10 heteroatoms. The van der Waals surface area contributed by atoms with Gasteiger partial charge in [0.25, 0.3) is 0 Å². The molecule has 2 saturated heterocycles. The fraction of sp³-hybridized carbons (Fsp3) is 0.554. The van der Waals surface area contributed by atoms with E-state index in [0.29, 0.717) is 34.8 Å². The monoisotopic (exact) mass is 890 g/mol. The van der Waals surface area contributed by atoms with E-state index in [4.69, 9.17) is 9.47 Å². The Morgan fingerprint density at radius 1 is 0.652 bits per heavy atom. The number of imide groups is 1. The van der Waals surface area contributed by atoms with E-state index in [-0.39, 0.29) is 72.3 Å². The molecule has 0 aromatic heterocycles. The highest BCUT2D eigenvalue weighted by atomic mass is 16.5. The molecule has 12 aliphatic rings. The second-order valence-corrected chi connectivity index (χ2v) is 22.4. The molecule has 2 aromatic rings. The summed E-state index contributed by atoms with van der Waals surface area (Å²) in [5, 5.41) is 15.9. The molecule has 2 aromatic carbocycles. The number of ketones is 2. The highest BCUT2D eigenvalue weighted by Crippen LogP contribution is 2.60. The maximum Gasteiger partial charge on any atom is 0.241 e. The summed E-state index contributed by atoms with van der Waals surface area (Å²) >= 11 is 0. The van der Waals surface area contributed by atoms with Crippen molar-refractivity contribution in [3.05, 3.63) is 109 Å². The smallest absolute Gasteiger partial charge is 0.241 e. The lowest BCUT2D eigenvalue weighted by Crippen LogP contribution is -2.61. The van der Waals surface area contributed by atoms with Gasteiger partial charge in [0.2, 0.25) is 17.7 Å². The Kier molecular flexibility index (Phi) is 9.91. The van der Waals surface area contributed by atoms with Crippen molar-refractivity contribution in [3.63, 3.8) is 0 Å². The summed E-state index contributed by atoms with van der Waals surface area (Å²) in [5.41, 5.74) is -0.864. The van der Waals surface area contributed by atoms with Gasteiger partial charge in [-0.3, -0.25) is 28.9 Å². The average molecular weight is 891 g/mol. The van der Waals surface area contributed by atoms with Crippen LogP contribution in [0.4, 0.5) is 0 Å². The van der Waals surface area contributed by atoms with Crippen LogP contribution in [0.25, 0.3) is 0 Å². The lowest BCUT2D eigenvalue weighted by molar-refractivity contribution is -0.154. The number of aliphatic hydroxyl groups is 1. The summed E-state index contributed by atoms with van der Waals surface area (Å²) in [6, 6.07) is 13.5. The van der Waals surface area contributed by atoms with Crippen molar-refractivity contribution in [2.75, 3.05) is 0 Å². The molecule has 6 bridgehead atoms. The minimum absolute atomic E-state index is 0.00354. The van der Waals surface area contributed by atoms with Crippen LogP contribution in [0.3, 0.4) is 0 Å². The van der Waals surface area contributed by atoms with Crippen LogP contribution in [0.2, 0.25) is 0 Å². The molecule has 6 heterocycles. The molecule has 3 amide bonds. The predicted octanol–water partition coefficient (Wildman–Crippen LogP) is 7.11. The van der Waals surface area contributed by atoms with E-state index < -0.39 is 76.7 Å². The van der Waals surface area contributed by atoms with E-state index in [1.807, 2.05) is 54.6 Å². The normalized spacial score (nSPS) is 46.2. The average Bonchev–Trinajstić information content (AvgIpc) is 3.95. The molecule has 21 unspecified atom stereocenters. The van der Waals surface area contributed by atoms with Gasteiger partial charge in [-0.1, -0.05) is 87.4 Å². The molecule has 14 rings (SSSR count). The van der Waals surface area contributed by atoms with Gasteiger partial charge in [-0.25, -0.2) is 0 Å². The Balaban J connectivity index is 0.994. The summed E-state index contributed by atoms with van der Waals surface area (Å²) in [7, 11) is 0. The molecule has 4 saturated carbocycles. The lowest BCUT2D eigenvalue weighted by Gasteiger charge is -2.41. The highest BCUT2D eigenvalue weighted by molar-refractivity contribution is 6.18. The van der Waals surface area contributed by atoms with Gasteiger partial charge in [0, 0.05) is 41.9 Å². The number of carbonyl (C=O) groups is 5. The molecule has 6 aliphatic heterocycles. The maximum atomic E-state index is 15.9. The number of allylic oxidation sites excluding steroid dienone is 6. The van der Waals surface area contributed by atoms with Crippen molar-refractivity contribution >= 4 is 29.3 Å². The molecule has 344 valence electrons. The Hall–Kier alpha value is -5.09. The van der Waals surface area contributed by atoms with E-state index in [9.17, 15) is 9.90 Å². The number of ether oxygens (including phenoxy) is 2. The summed E-state index contributed by atoms with van der Waals surface area (Å²) in [4.78, 5) is 79.1. The number of Topliss-reactive ketones (excluding diaryl/α,β-unsaturated/α-hetero) is 2. The third-order valence-corrected chi connectivity index (χ3v) is 19.0. The predicted molar refractivity (Wildman–Crippen MR) is 245 cm³/mol. The van der Waals surface area contributed by atoms with E-state index in [1.165, 1.54) is 0 Å². The summed E-state index contributed by atoms with van der Waals surface area (Å²) in [6.07, 6.45) is 17.5. The van der Waals surface area contributed by atoms with Crippen LogP contribution in [-0.4, -0.2) is 63.3 Å². The number of nitrogens with zero attached hydrogens (tertiary/aromatic N) is 1. The summed E-state index contributed by atoms with van der Waals surface area (Å²) in [5.74, 6) is -6.61. The molecular formula is C56H62N2O8. The van der Waals surface area contributed by atoms with Gasteiger partial charge in [-0.2, -0.15) is 0 Å². The van der Waals surface area contributed by atoms with Crippen molar-refractivity contribution in [3.8, 4) is 11.5 Å². The van der Waals surface area contributed by atoms with Crippen LogP contribution < -0.4 is 14.8 Å². The second-order valence-electron chi connectivity index (χ2n) is 22.4. The van der Waals surface area contributed by atoms with Gasteiger partial charge in [-0.05, 0) is 115 Å². The number of hydrogen-bond donors (Lipinski definition) is 2. The van der Waals surface area contributed by atoms with Crippen molar-refractivity contribution in [1.82, 2.24) is 10.2 Å². The van der Waals surface area contributed by atoms with Crippen LogP contribution in [0.1, 0.15) is 63.5 Å². The third kappa shape index (κ3) is 6.17. The molecule has 0 radical (unpaired) electrons. The highest BCUT2D eigenvalue weighted by Gasteiger charge is 2.69. The number of amides is 3. The van der Waals surface area contributed by atoms with Crippen LogP contribution in [0.5, 0.6) is 11.5 Å². The van der Waals surface area contributed by atoms with Crippen molar-refractivity contribution in [1.29, 1.82) is 0 Å². The molecule has 6 aliphatic carbocycles. The van der Waals surface area contributed by atoms with Crippen molar-refractivity contribution in [2.45, 2.75) is 89.2 Å². The first-order valence-corrected chi connectivity index (χ1v) is 25.0. The molecule has 6 fully saturated rings. The van der Waals surface area contributed by atoms with Gasteiger partial charge in [-0.15, -0.1) is 13.2 Å². The first-order valence-electron chi connectivity index (χ1n) is 25.0. The lowest BCUT2D eigenvalue weighted by atomic mass is 9.64. The van der Waals surface area contributed by atoms with Gasteiger partial charge < -0.3 is 19.9 Å². The Bertz CT molecular complexity index is 2460. The van der Waals surface area contributed by atoms with Crippen LogP contribution in [0.15, 0.2) is 98.1 Å². The third-order valence-electron chi connectivity index (χ3n) is 19.0. The van der Waals surface area contributed by atoms with Crippen molar-refractivity contribution < 1.29 is 38.6 Å². The minimum atomic E-state index is -2.24. The zero-order valence-electron chi connectivity index (χ0n) is 38.0. The van der Waals surface area contributed by atoms with Crippen molar-refractivity contribution in [2.24, 2.45) is 101 Å². The number of hydrogen-bond acceptors (Lipinski definition) is 8. The summed E-state index contributed by atoms with van der Waals surface area (Å²) < 4.78 is 14.0. The zero-order valence-corrected chi connectivity index (χ0v) is 38.0. The number of benzene rings is 2. The molecule has 2 N–H and O–H groups in total. The topological polar surface area (TPSA) is 139 Å². The number of fused-ring (bicyclic) bond motifs is 8. The van der Waals surface area contributed by atoms with E-state index in [1.54, 1.807) is 12.2 Å². The van der Waals surface area contributed by atoms with Crippen LogP contribution in [0, 0.1) is 101 Å².